The minimum atomic E-state index is -1.38. The van der Waals surface area contributed by atoms with Gasteiger partial charge in [0.15, 0.2) is 17.6 Å². The van der Waals surface area contributed by atoms with Crippen LogP contribution < -0.4 is 4.74 Å². The van der Waals surface area contributed by atoms with Crippen LogP contribution in [0.3, 0.4) is 0 Å². The van der Waals surface area contributed by atoms with Crippen molar-refractivity contribution in [3.8, 4) is 11.5 Å². The molecule has 0 aliphatic heterocycles. The van der Waals surface area contributed by atoms with Gasteiger partial charge in [0.2, 0.25) is 0 Å². The summed E-state index contributed by atoms with van der Waals surface area (Å²) >= 11 is 0. The summed E-state index contributed by atoms with van der Waals surface area (Å²) in [7, 11) is 2.61. The predicted molar refractivity (Wildman–Crippen MR) is 61.1 cm³/mol. The Morgan fingerprint density at radius 1 is 1.35 bits per heavy atom. The molecule has 0 spiro atoms. The number of hydrogen-bond acceptors (Lipinski definition) is 5. The zero-order valence-corrected chi connectivity index (χ0v) is 10.3. The molecule has 2 N–H and O–H groups in total. The largest absolute Gasteiger partial charge is 0.504 e. The van der Waals surface area contributed by atoms with Crippen LogP contribution in [0.2, 0.25) is 0 Å². The molecule has 1 atom stereocenters. The van der Waals surface area contributed by atoms with E-state index in [0.29, 0.717) is 16.7 Å². The number of aromatic hydroxyl groups is 1. The van der Waals surface area contributed by atoms with Gasteiger partial charge >= 0.3 is 5.97 Å². The molecule has 94 valence electrons. The fourth-order valence-electron chi connectivity index (χ4n) is 1.67. The molecule has 0 bridgehead atoms. The van der Waals surface area contributed by atoms with Crippen molar-refractivity contribution in [2.75, 3.05) is 14.2 Å². The first-order chi connectivity index (χ1) is 7.93. The van der Waals surface area contributed by atoms with Crippen LogP contribution in [0, 0.1) is 13.8 Å². The lowest BCUT2D eigenvalue weighted by atomic mass is 9.98. The molecular formula is C12H16O5. The molecule has 1 aromatic carbocycles. The molecule has 1 unspecified atom stereocenters. The van der Waals surface area contributed by atoms with Crippen LogP contribution in [0.4, 0.5) is 0 Å². The maximum absolute atomic E-state index is 11.3. The minimum Gasteiger partial charge on any atom is -0.504 e. The number of benzene rings is 1. The van der Waals surface area contributed by atoms with Crippen LogP contribution in [0.25, 0.3) is 0 Å². The third-order valence-electron chi connectivity index (χ3n) is 2.66. The van der Waals surface area contributed by atoms with E-state index in [4.69, 9.17) is 4.74 Å². The van der Waals surface area contributed by atoms with E-state index < -0.39 is 12.1 Å². The number of ether oxygens (including phenoxy) is 2. The molecular weight excluding hydrogens is 224 g/mol. The Morgan fingerprint density at radius 3 is 2.41 bits per heavy atom. The number of carbonyl (C=O) groups excluding carboxylic acids is 1. The molecule has 0 fully saturated rings. The second-order valence-electron chi connectivity index (χ2n) is 3.72. The monoisotopic (exact) mass is 240 g/mol. The molecule has 0 aliphatic carbocycles. The quantitative estimate of drug-likeness (QED) is 0.777. The number of aryl methyl sites for hydroxylation is 1. The van der Waals surface area contributed by atoms with Gasteiger partial charge < -0.3 is 19.7 Å². The second kappa shape index (κ2) is 5.05. The lowest BCUT2D eigenvalue weighted by Gasteiger charge is -2.17. The predicted octanol–water partition coefficient (Wildman–Crippen LogP) is 1.22. The topological polar surface area (TPSA) is 76.0 Å². The summed E-state index contributed by atoms with van der Waals surface area (Å²) in [5.41, 5.74) is 1.39. The number of esters is 1. The van der Waals surface area contributed by atoms with Crippen molar-refractivity contribution in [3.63, 3.8) is 0 Å². The smallest absolute Gasteiger partial charge is 0.339 e. The van der Waals surface area contributed by atoms with Crippen LogP contribution >= 0.6 is 0 Å². The van der Waals surface area contributed by atoms with Crippen molar-refractivity contribution >= 4 is 5.97 Å². The molecule has 1 rings (SSSR count). The fourth-order valence-corrected chi connectivity index (χ4v) is 1.67. The average Bonchev–Trinajstić information content (AvgIpc) is 2.32. The number of phenolic OH excluding ortho intramolecular Hbond substituents is 1. The van der Waals surface area contributed by atoms with Crippen molar-refractivity contribution in [1.82, 2.24) is 0 Å². The van der Waals surface area contributed by atoms with E-state index >= 15 is 0 Å². The Bertz CT molecular complexity index is 439. The highest BCUT2D eigenvalue weighted by molar-refractivity contribution is 5.77. The SMILES string of the molecule is COC(=O)C(O)c1cc(C)c(O)c(OC)c1C. The van der Waals surface area contributed by atoms with E-state index in [1.165, 1.54) is 20.3 Å². The van der Waals surface area contributed by atoms with E-state index in [2.05, 4.69) is 4.74 Å². The molecule has 5 heteroatoms. The maximum Gasteiger partial charge on any atom is 0.339 e. The van der Waals surface area contributed by atoms with Crippen molar-refractivity contribution in [2.45, 2.75) is 20.0 Å². The molecule has 0 saturated carbocycles. The van der Waals surface area contributed by atoms with Gasteiger partial charge in [-0.15, -0.1) is 0 Å². The van der Waals surface area contributed by atoms with Gasteiger partial charge in [0, 0.05) is 5.56 Å². The Morgan fingerprint density at radius 2 is 1.94 bits per heavy atom. The van der Waals surface area contributed by atoms with Gasteiger partial charge in [-0.25, -0.2) is 4.79 Å². The lowest BCUT2D eigenvalue weighted by molar-refractivity contribution is -0.150. The van der Waals surface area contributed by atoms with Crippen LogP contribution in [0.5, 0.6) is 11.5 Å². The number of hydrogen-bond donors (Lipinski definition) is 2. The standard InChI is InChI=1S/C12H16O5/c1-6-5-8(10(14)12(15)17-4)7(2)11(16-3)9(6)13/h5,10,13-14H,1-4H3. The Hall–Kier alpha value is -1.75. The number of methoxy groups -OCH3 is 2. The van der Waals surface area contributed by atoms with E-state index in [1.54, 1.807) is 13.8 Å². The maximum atomic E-state index is 11.3. The highest BCUT2D eigenvalue weighted by Crippen LogP contribution is 2.37. The molecule has 1 aromatic rings. The second-order valence-corrected chi connectivity index (χ2v) is 3.72. The number of aliphatic hydroxyl groups excluding tert-OH is 1. The van der Waals surface area contributed by atoms with E-state index in [0.717, 1.165) is 0 Å². The first-order valence-electron chi connectivity index (χ1n) is 5.07. The Labute approximate surface area is 99.6 Å². The minimum absolute atomic E-state index is 0.00539. The number of aliphatic hydroxyl groups is 1. The van der Waals surface area contributed by atoms with Crippen molar-refractivity contribution in [3.05, 3.63) is 22.8 Å². The van der Waals surface area contributed by atoms with Gasteiger partial charge in [-0.3, -0.25) is 0 Å². The molecule has 5 nitrogen and oxygen atoms in total. The van der Waals surface area contributed by atoms with Gasteiger partial charge in [-0.05, 0) is 31.0 Å². The molecule has 0 aromatic heterocycles. The van der Waals surface area contributed by atoms with E-state index in [1.807, 2.05) is 0 Å². The van der Waals surface area contributed by atoms with Gasteiger partial charge in [0.1, 0.15) is 0 Å². The molecule has 0 aliphatic rings. The molecule has 0 heterocycles. The van der Waals surface area contributed by atoms with Crippen LogP contribution in [0.1, 0.15) is 22.8 Å². The zero-order chi connectivity index (χ0) is 13.2. The fraction of sp³-hybridized carbons (Fsp3) is 0.417. The highest BCUT2D eigenvalue weighted by atomic mass is 16.5. The summed E-state index contributed by atoms with van der Waals surface area (Å²) in [6.07, 6.45) is -1.38. The summed E-state index contributed by atoms with van der Waals surface area (Å²) in [4.78, 5) is 11.3. The number of phenols is 1. The summed E-state index contributed by atoms with van der Waals surface area (Å²) < 4.78 is 9.52. The Balaban J connectivity index is 3.35. The third kappa shape index (κ3) is 2.34. The van der Waals surface area contributed by atoms with Gasteiger partial charge in [-0.1, -0.05) is 0 Å². The average molecular weight is 240 g/mol. The van der Waals surface area contributed by atoms with Crippen LogP contribution in [0.15, 0.2) is 6.07 Å². The number of carbonyl (C=O) groups is 1. The van der Waals surface area contributed by atoms with Gasteiger partial charge in [0.25, 0.3) is 0 Å². The summed E-state index contributed by atoms with van der Waals surface area (Å²) in [5, 5.41) is 19.6. The normalized spacial score (nSPS) is 12.1. The zero-order valence-electron chi connectivity index (χ0n) is 10.3. The van der Waals surface area contributed by atoms with Gasteiger partial charge in [-0.2, -0.15) is 0 Å². The first-order valence-corrected chi connectivity index (χ1v) is 5.07. The van der Waals surface area contributed by atoms with Crippen molar-refractivity contribution in [1.29, 1.82) is 0 Å². The molecule has 17 heavy (non-hydrogen) atoms. The number of rotatable bonds is 3. The molecule has 0 saturated heterocycles. The molecule has 0 amide bonds. The van der Waals surface area contributed by atoms with Crippen LogP contribution in [-0.4, -0.2) is 30.4 Å². The Kier molecular flexibility index (Phi) is 3.96. The lowest BCUT2D eigenvalue weighted by Crippen LogP contribution is -2.15. The van der Waals surface area contributed by atoms with Crippen molar-refractivity contribution < 1.29 is 24.5 Å². The summed E-state index contributed by atoms with van der Waals surface area (Å²) in [6, 6.07) is 1.54. The van der Waals surface area contributed by atoms with E-state index in [9.17, 15) is 15.0 Å². The van der Waals surface area contributed by atoms with Gasteiger partial charge in [0.05, 0.1) is 14.2 Å². The van der Waals surface area contributed by atoms with Crippen molar-refractivity contribution in [2.24, 2.45) is 0 Å². The third-order valence-corrected chi connectivity index (χ3v) is 2.66. The van der Waals surface area contributed by atoms with Crippen LogP contribution in [-0.2, 0) is 9.53 Å². The first kappa shape index (κ1) is 13.3. The summed E-state index contributed by atoms with van der Waals surface area (Å²) in [5.74, 6) is -0.492. The molecule has 0 radical (unpaired) electrons. The highest BCUT2D eigenvalue weighted by Gasteiger charge is 2.24. The van der Waals surface area contributed by atoms with E-state index in [-0.39, 0.29) is 11.5 Å². The summed E-state index contributed by atoms with van der Waals surface area (Å²) in [6.45, 7) is 3.31.